The van der Waals surface area contributed by atoms with Crippen LogP contribution in [-0.2, 0) is 28.6 Å². The van der Waals surface area contributed by atoms with E-state index in [9.17, 15) is 14.4 Å². The predicted molar refractivity (Wildman–Crippen MR) is 95.1 cm³/mol. The maximum atomic E-state index is 12.6. The van der Waals surface area contributed by atoms with E-state index in [1.165, 1.54) is 0 Å². The highest BCUT2D eigenvalue weighted by Crippen LogP contribution is 2.83. The summed E-state index contributed by atoms with van der Waals surface area (Å²) in [5.74, 6) is -0.120. The van der Waals surface area contributed by atoms with Crippen LogP contribution in [0, 0.1) is 53.3 Å². The van der Waals surface area contributed by atoms with Crippen LogP contribution in [0.1, 0.15) is 41.5 Å². The molecule has 0 radical (unpaired) electrons. The van der Waals surface area contributed by atoms with E-state index in [1.54, 1.807) is 0 Å². The van der Waals surface area contributed by atoms with Crippen LogP contribution in [0.25, 0.3) is 0 Å². The Kier molecular flexibility index (Phi) is 4.32. The lowest BCUT2D eigenvalue weighted by molar-refractivity contribution is -0.151. The molecule has 0 spiro atoms. The molecule has 0 bridgehead atoms. The van der Waals surface area contributed by atoms with Crippen LogP contribution >= 0.6 is 0 Å². The Morgan fingerprint density at radius 1 is 0.481 bits per heavy atom. The molecule has 0 aromatic heterocycles. The van der Waals surface area contributed by atoms with Gasteiger partial charge in [-0.05, 0) is 77.0 Å². The Morgan fingerprint density at radius 2 is 0.667 bits per heavy atom. The third kappa shape index (κ3) is 2.95. The van der Waals surface area contributed by atoms with Crippen LogP contribution in [0.2, 0.25) is 0 Å². The molecule has 6 nitrogen and oxygen atoms in total. The lowest BCUT2D eigenvalue weighted by atomic mass is 10.0. The minimum atomic E-state index is -0.177. The SMILES string of the molecule is CC(C)OC(=O)C1C2C3C(C(=O)OC(C)C)C3C3C(C(=O)OC(C)C)C3C12. The van der Waals surface area contributed by atoms with Crippen molar-refractivity contribution in [2.45, 2.75) is 59.9 Å². The molecule has 0 N–H and O–H groups in total. The fraction of sp³-hybridized carbons (Fsp3) is 0.857. The molecule has 6 heteroatoms. The zero-order valence-corrected chi connectivity index (χ0v) is 16.9. The number of esters is 3. The Morgan fingerprint density at radius 3 is 0.815 bits per heavy atom. The summed E-state index contributed by atoms with van der Waals surface area (Å²) in [5.41, 5.74) is 0. The third-order valence-corrected chi connectivity index (χ3v) is 6.60. The van der Waals surface area contributed by atoms with Crippen LogP contribution < -0.4 is 0 Å². The highest BCUT2D eigenvalue weighted by atomic mass is 16.6. The minimum Gasteiger partial charge on any atom is -0.463 e. The molecule has 4 saturated carbocycles. The highest BCUT2D eigenvalue weighted by Gasteiger charge is 2.86. The number of hydrogen-bond acceptors (Lipinski definition) is 6. The van der Waals surface area contributed by atoms with Gasteiger partial charge in [0.15, 0.2) is 0 Å². The molecule has 0 heterocycles. The highest BCUT2D eigenvalue weighted by molar-refractivity contribution is 5.84. The van der Waals surface area contributed by atoms with Gasteiger partial charge in [0.2, 0.25) is 0 Å². The summed E-state index contributed by atoms with van der Waals surface area (Å²) in [6.07, 6.45) is -0.476. The van der Waals surface area contributed by atoms with Gasteiger partial charge in [0.05, 0.1) is 36.1 Å². The minimum absolute atomic E-state index is 0.157. The third-order valence-electron chi connectivity index (χ3n) is 6.60. The molecule has 0 amide bonds. The topological polar surface area (TPSA) is 78.9 Å². The molecule has 0 aromatic rings. The van der Waals surface area contributed by atoms with Gasteiger partial charge in [-0.2, -0.15) is 0 Å². The van der Waals surface area contributed by atoms with Crippen molar-refractivity contribution in [3.05, 3.63) is 0 Å². The Balaban J connectivity index is 1.53. The average molecular weight is 378 g/mol. The van der Waals surface area contributed by atoms with Gasteiger partial charge in [0.25, 0.3) is 0 Å². The fourth-order valence-corrected chi connectivity index (χ4v) is 5.93. The van der Waals surface area contributed by atoms with E-state index in [2.05, 4.69) is 0 Å². The van der Waals surface area contributed by atoms with Gasteiger partial charge >= 0.3 is 17.9 Å². The maximum Gasteiger partial charge on any atom is 0.309 e. The van der Waals surface area contributed by atoms with E-state index in [0.29, 0.717) is 0 Å². The second kappa shape index (κ2) is 6.21. The van der Waals surface area contributed by atoms with E-state index in [1.807, 2.05) is 41.5 Å². The molecule has 4 rings (SSSR count). The second-order valence-electron chi connectivity index (χ2n) is 9.50. The first kappa shape index (κ1) is 18.8. The van der Waals surface area contributed by atoms with E-state index < -0.39 is 0 Å². The smallest absolute Gasteiger partial charge is 0.309 e. The molecule has 0 atom stereocenters. The van der Waals surface area contributed by atoms with E-state index in [0.717, 1.165) is 0 Å². The van der Waals surface area contributed by atoms with Gasteiger partial charge in [-0.3, -0.25) is 14.4 Å². The van der Waals surface area contributed by atoms with Crippen LogP contribution in [0.3, 0.4) is 0 Å². The van der Waals surface area contributed by atoms with Crippen LogP contribution in [0.5, 0.6) is 0 Å². The normalized spacial score (nSPS) is 42.8. The molecular weight excluding hydrogens is 348 g/mol. The van der Waals surface area contributed by atoms with Crippen LogP contribution in [-0.4, -0.2) is 36.2 Å². The van der Waals surface area contributed by atoms with Gasteiger partial charge in [-0.1, -0.05) is 0 Å². The molecule has 0 saturated heterocycles. The number of carbonyl (C=O) groups excluding carboxylic acids is 3. The van der Waals surface area contributed by atoms with Crippen molar-refractivity contribution in [1.82, 2.24) is 0 Å². The van der Waals surface area contributed by atoms with Crippen molar-refractivity contribution in [1.29, 1.82) is 0 Å². The number of ether oxygens (including phenoxy) is 3. The molecule has 4 aliphatic carbocycles. The average Bonchev–Trinajstić information content (AvgIpc) is 3.36. The first-order valence-corrected chi connectivity index (χ1v) is 10.3. The molecule has 0 aliphatic heterocycles. The number of rotatable bonds is 6. The lowest BCUT2D eigenvalue weighted by Crippen LogP contribution is -2.16. The summed E-state index contributed by atoms with van der Waals surface area (Å²) in [7, 11) is 0. The number of carbonyl (C=O) groups is 3. The van der Waals surface area contributed by atoms with E-state index in [-0.39, 0.29) is 89.5 Å². The van der Waals surface area contributed by atoms with E-state index >= 15 is 0 Å². The van der Waals surface area contributed by atoms with Crippen molar-refractivity contribution in [3.63, 3.8) is 0 Å². The maximum absolute atomic E-state index is 12.6. The van der Waals surface area contributed by atoms with Crippen molar-refractivity contribution in [2.24, 2.45) is 53.3 Å². The Labute approximate surface area is 160 Å². The Bertz CT molecular complexity index is 541. The quantitative estimate of drug-likeness (QED) is 0.522. The summed E-state index contributed by atoms with van der Waals surface area (Å²) in [4.78, 5) is 37.7. The van der Waals surface area contributed by atoms with Crippen molar-refractivity contribution in [3.8, 4) is 0 Å². The molecule has 0 unspecified atom stereocenters. The van der Waals surface area contributed by atoms with Gasteiger partial charge in [0.1, 0.15) is 0 Å². The number of fused-ring (bicyclic) bond motifs is 6. The predicted octanol–water partition coefficient (Wildman–Crippen LogP) is 2.44. The van der Waals surface area contributed by atoms with Crippen molar-refractivity contribution < 1.29 is 28.6 Å². The molecule has 4 aliphatic rings. The van der Waals surface area contributed by atoms with Crippen molar-refractivity contribution >= 4 is 17.9 Å². The lowest BCUT2D eigenvalue weighted by Gasteiger charge is -2.08. The standard InChI is InChI=1S/C21H30O6/c1-7(2)25-19(22)16-10-11(16)13-15(18(13)21(24)27-9(5)6)14-12(10)17(14)20(23)26-8(3)4/h7-18H,1-6H3. The molecule has 4 fully saturated rings. The first-order valence-electron chi connectivity index (χ1n) is 10.3. The zero-order valence-electron chi connectivity index (χ0n) is 16.9. The molecule has 27 heavy (non-hydrogen) atoms. The van der Waals surface area contributed by atoms with E-state index in [4.69, 9.17) is 14.2 Å². The first-order chi connectivity index (χ1) is 12.6. The van der Waals surface area contributed by atoms with Crippen molar-refractivity contribution in [2.75, 3.05) is 0 Å². The molecule has 150 valence electrons. The second-order valence-corrected chi connectivity index (χ2v) is 9.50. The van der Waals surface area contributed by atoms with Crippen LogP contribution in [0.4, 0.5) is 0 Å². The van der Waals surface area contributed by atoms with Gasteiger partial charge in [0, 0.05) is 0 Å². The van der Waals surface area contributed by atoms with Gasteiger partial charge < -0.3 is 14.2 Å². The summed E-state index contributed by atoms with van der Waals surface area (Å²) in [6, 6.07) is 0. The summed E-state index contributed by atoms with van der Waals surface area (Å²) >= 11 is 0. The summed E-state index contributed by atoms with van der Waals surface area (Å²) in [6.45, 7) is 11.1. The van der Waals surface area contributed by atoms with Crippen LogP contribution in [0.15, 0.2) is 0 Å². The molecule has 0 aromatic carbocycles. The Hall–Kier alpha value is -1.59. The zero-order chi connectivity index (χ0) is 19.8. The largest absolute Gasteiger partial charge is 0.463 e. The van der Waals surface area contributed by atoms with Gasteiger partial charge in [-0.25, -0.2) is 0 Å². The monoisotopic (exact) mass is 378 g/mol. The summed E-state index contributed by atoms with van der Waals surface area (Å²) < 4.78 is 16.3. The summed E-state index contributed by atoms with van der Waals surface area (Å²) in [5, 5.41) is 0. The molecular formula is C21H30O6. The fourth-order valence-electron chi connectivity index (χ4n) is 5.93. The number of hydrogen-bond donors (Lipinski definition) is 0. The van der Waals surface area contributed by atoms with Gasteiger partial charge in [-0.15, -0.1) is 0 Å².